The number of carbonyl (C=O) groups is 1. The molecule has 0 unspecified atom stereocenters. The van der Waals surface area contributed by atoms with Gasteiger partial charge in [-0.1, -0.05) is 20.8 Å². The Hall–Kier alpha value is -1.60. The molecular formula is C13H20N2O4S. The smallest absolute Gasteiger partial charge is 0.337 e. The number of benzene rings is 1. The molecule has 1 aromatic carbocycles. The van der Waals surface area contributed by atoms with Crippen molar-refractivity contribution in [1.29, 1.82) is 0 Å². The number of nitrogens with zero attached hydrogens (tertiary/aromatic N) is 1. The number of anilines is 1. The summed E-state index contributed by atoms with van der Waals surface area (Å²) in [5.74, 6) is -1.30. The highest BCUT2D eigenvalue weighted by Crippen LogP contribution is 2.25. The molecule has 1 aromatic rings. The number of carboxylic acids is 1. The first-order valence-electron chi connectivity index (χ1n) is 6.04. The van der Waals surface area contributed by atoms with E-state index >= 15 is 0 Å². The van der Waals surface area contributed by atoms with Crippen molar-refractivity contribution < 1.29 is 18.3 Å². The Bertz CT molecular complexity index is 618. The van der Waals surface area contributed by atoms with Gasteiger partial charge in [-0.25, -0.2) is 17.5 Å². The van der Waals surface area contributed by atoms with Crippen molar-refractivity contribution in [3.05, 3.63) is 23.8 Å². The van der Waals surface area contributed by atoms with E-state index in [2.05, 4.69) is 0 Å². The summed E-state index contributed by atoms with van der Waals surface area (Å²) < 4.78 is 26.1. The minimum absolute atomic E-state index is 0.206. The van der Waals surface area contributed by atoms with Crippen molar-refractivity contribution >= 4 is 21.7 Å². The molecule has 0 radical (unpaired) electrons. The quantitative estimate of drug-likeness (QED) is 0.823. The number of nitrogens with two attached hydrogens (primary N) is 1. The molecule has 0 spiro atoms. The minimum Gasteiger partial charge on any atom is -0.478 e. The first kappa shape index (κ1) is 16.5. The number of nitrogen functional groups attached to an aromatic ring is 1. The topological polar surface area (TPSA) is 101 Å². The van der Waals surface area contributed by atoms with Gasteiger partial charge in [0.05, 0.1) is 10.5 Å². The van der Waals surface area contributed by atoms with E-state index in [0.717, 1.165) is 4.31 Å². The standard InChI is InChI=1S/C13H20N2O4S/c1-13(2,3)8-15(4)20(18,19)11-7-9(14)5-6-10(11)12(16)17/h5-7H,8,14H2,1-4H3,(H,16,17). The Kier molecular flexibility index (Phi) is 4.45. The summed E-state index contributed by atoms with van der Waals surface area (Å²) in [6, 6.07) is 3.75. The largest absolute Gasteiger partial charge is 0.478 e. The van der Waals surface area contributed by atoms with Crippen molar-refractivity contribution in [2.24, 2.45) is 5.41 Å². The van der Waals surface area contributed by atoms with E-state index in [1.54, 1.807) is 0 Å². The number of sulfonamides is 1. The second kappa shape index (κ2) is 5.41. The van der Waals surface area contributed by atoms with Crippen LogP contribution < -0.4 is 5.73 Å². The fourth-order valence-corrected chi connectivity index (χ4v) is 3.46. The molecule has 0 saturated heterocycles. The Morgan fingerprint density at radius 1 is 1.35 bits per heavy atom. The molecule has 1 rings (SSSR count). The first-order valence-corrected chi connectivity index (χ1v) is 7.48. The van der Waals surface area contributed by atoms with Crippen LogP contribution in [-0.4, -0.2) is 37.4 Å². The lowest BCUT2D eigenvalue weighted by atomic mass is 9.97. The average Bonchev–Trinajstić information content (AvgIpc) is 2.25. The third-order valence-corrected chi connectivity index (χ3v) is 4.46. The van der Waals surface area contributed by atoms with Crippen molar-refractivity contribution in [2.45, 2.75) is 25.7 Å². The van der Waals surface area contributed by atoms with E-state index in [-0.39, 0.29) is 28.1 Å². The Morgan fingerprint density at radius 3 is 2.35 bits per heavy atom. The summed E-state index contributed by atoms with van der Waals surface area (Å²) in [5, 5.41) is 9.11. The summed E-state index contributed by atoms with van der Waals surface area (Å²) in [7, 11) is -2.47. The third-order valence-electron chi connectivity index (χ3n) is 2.62. The van der Waals surface area contributed by atoms with E-state index in [0.29, 0.717) is 0 Å². The lowest BCUT2D eigenvalue weighted by molar-refractivity contribution is 0.0692. The van der Waals surface area contributed by atoms with Gasteiger partial charge < -0.3 is 10.8 Å². The molecule has 0 aliphatic carbocycles. The van der Waals surface area contributed by atoms with Gasteiger partial charge in [0.1, 0.15) is 0 Å². The van der Waals surface area contributed by atoms with E-state index in [4.69, 9.17) is 10.8 Å². The van der Waals surface area contributed by atoms with Crippen LogP contribution in [0.15, 0.2) is 23.1 Å². The highest BCUT2D eigenvalue weighted by atomic mass is 32.2. The summed E-state index contributed by atoms with van der Waals surface area (Å²) in [5.41, 5.74) is 5.26. The van der Waals surface area contributed by atoms with Crippen molar-refractivity contribution in [3.8, 4) is 0 Å². The lowest BCUT2D eigenvalue weighted by Crippen LogP contribution is -2.35. The van der Waals surface area contributed by atoms with E-state index in [1.165, 1.54) is 25.2 Å². The average molecular weight is 300 g/mol. The van der Waals surface area contributed by atoms with E-state index < -0.39 is 16.0 Å². The van der Waals surface area contributed by atoms with Gasteiger partial charge in [0.25, 0.3) is 0 Å². The number of carboxylic acid groups (broad SMARTS) is 1. The second-order valence-electron chi connectivity index (χ2n) is 5.88. The molecule has 7 heteroatoms. The molecule has 3 N–H and O–H groups in total. The van der Waals surface area contributed by atoms with Crippen molar-refractivity contribution in [2.75, 3.05) is 19.3 Å². The number of rotatable bonds is 4. The van der Waals surface area contributed by atoms with Gasteiger partial charge in [0, 0.05) is 19.3 Å². The molecule has 0 aromatic heterocycles. The maximum absolute atomic E-state index is 12.5. The van der Waals surface area contributed by atoms with Gasteiger partial charge in [-0.3, -0.25) is 0 Å². The van der Waals surface area contributed by atoms with E-state index in [9.17, 15) is 13.2 Å². The van der Waals surface area contributed by atoms with Crippen molar-refractivity contribution in [3.63, 3.8) is 0 Å². The van der Waals surface area contributed by atoms with Crippen LogP contribution in [0.25, 0.3) is 0 Å². The molecule has 0 fully saturated rings. The summed E-state index contributed by atoms with van der Waals surface area (Å²) in [6.45, 7) is 5.96. The fraction of sp³-hybridized carbons (Fsp3) is 0.462. The molecule has 20 heavy (non-hydrogen) atoms. The minimum atomic E-state index is -3.90. The van der Waals surface area contributed by atoms with Gasteiger partial charge >= 0.3 is 5.97 Å². The van der Waals surface area contributed by atoms with Crippen LogP contribution in [0.4, 0.5) is 5.69 Å². The van der Waals surface area contributed by atoms with E-state index in [1.807, 2.05) is 20.8 Å². The van der Waals surface area contributed by atoms with Gasteiger partial charge in [-0.15, -0.1) is 0 Å². The van der Waals surface area contributed by atoms with Crippen molar-refractivity contribution in [1.82, 2.24) is 4.31 Å². The molecule has 0 saturated carbocycles. The van der Waals surface area contributed by atoms with Gasteiger partial charge in [-0.2, -0.15) is 0 Å². The van der Waals surface area contributed by atoms with Crippen LogP contribution >= 0.6 is 0 Å². The Morgan fingerprint density at radius 2 is 1.90 bits per heavy atom. The van der Waals surface area contributed by atoms with Crippen LogP contribution in [0.3, 0.4) is 0 Å². The van der Waals surface area contributed by atoms with Gasteiger partial charge in [0.15, 0.2) is 0 Å². The van der Waals surface area contributed by atoms with Crippen LogP contribution in [-0.2, 0) is 10.0 Å². The summed E-state index contributed by atoms with van der Waals surface area (Å²) >= 11 is 0. The maximum Gasteiger partial charge on any atom is 0.337 e. The number of aromatic carboxylic acids is 1. The molecule has 0 heterocycles. The highest BCUT2D eigenvalue weighted by Gasteiger charge is 2.29. The Labute approximate surface area is 119 Å². The molecule has 0 atom stereocenters. The Balaban J connectivity index is 3.35. The monoisotopic (exact) mass is 300 g/mol. The number of hydrogen-bond acceptors (Lipinski definition) is 4. The number of hydrogen-bond donors (Lipinski definition) is 2. The molecular weight excluding hydrogens is 280 g/mol. The van der Waals surface area contributed by atoms with Crippen LogP contribution in [0, 0.1) is 5.41 Å². The van der Waals surface area contributed by atoms with Crippen LogP contribution in [0.5, 0.6) is 0 Å². The zero-order valence-electron chi connectivity index (χ0n) is 12.0. The van der Waals surface area contributed by atoms with Crippen LogP contribution in [0.2, 0.25) is 0 Å². The zero-order valence-corrected chi connectivity index (χ0v) is 12.9. The highest BCUT2D eigenvalue weighted by molar-refractivity contribution is 7.89. The van der Waals surface area contributed by atoms with Crippen LogP contribution in [0.1, 0.15) is 31.1 Å². The molecule has 0 amide bonds. The van der Waals surface area contributed by atoms with Gasteiger partial charge in [0.2, 0.25) is 10.0 Å². The zero-order chi connectivity index (χ0) is 15.7. The summed E-state index contributed by atoms with van der Waals surface area (Å²) in [6.07, 6.45) is 0. The molecule has 0 aliphatic rings. The third kappa shape index (κ3) is 3.71. The first-order chi connectivity index (χ1) is 8.95. The van der Waals surface area contributed by atoms with Gasteiger partial charge in [-0.05, 0) is 23.6 Å². The fourth-order valence-electron chi connectivity index (χ4n) is 1.85. The predicted octanol–water partition coefficient (Wildman–Crippen LogP) is 1.63. The normalized spacial score (nSPS) is 12.7. The molecule has 0 aliphatic heterocycles. The summed E-state index contributed by atoms with van der Waals surface area (Å²) in [4.78, 5) is 10.9. The lowest BCUT2D eigenvalue weighted by Gasteiger charge is -2.26. The second-order valence-corrected chi connectivity index (χ2v) is 7.90. The maximum atomic E-state index is 12.5. The molecule has 0 bridgehead atoms. The molecule has 112 valence electrons. The predicted molar refractivity (Wildman–Crippen MR) is 77.1 cm³/mol. The molecule has 6 nitrogen and oxygen atoms in total. The SMILES string of the molecule is CN(CC(C)(C)C)S(=O)(=O)c1cc(N)ccc1C(=O)O.